The molecule has 0 spiro atoms. The van der Waals surface area contributed by atoms with E-state index in [1.165, 1.54) is 0 Å². The van der Waals surface area contributed by atoms with Gasteiger partial charge in [-0.15, -0.1) is 5.10 Å². The van der Waals surface area contributed by atoms with Gasteiger partial charge in [-0.3, -0.25) is 0 Å². The van der Waals surface area contributed by atoms with E-state index in [2.05, 4.69) is 10.2 Å². The van der Waals surface area contributed by atoms with Gasteiger partial charge < -0.3 is 10.2 Å². The van der Waals surface area contributed by atoms with E-state index < -0.39 is 12.1 Å². The van der Waals surface area contributed by atoms with Crippen LogP contribution in [0.1, 0.15) is 37.5 Å². The van der Waals surface area contributed by atoms with Gasteiger partial charge >= 0.3 is 12.2 Å². The number of halogens is 3. The smallest absolute Gasteiger partial charge is 0.391 e. The monoisotopic (exact) mass is 235 g/mol. The van der Waals surface area contributed by atoms with E-state index in [0.717, 1.165) is 0 Å². The molecule has 1 aliphatic rings. The van der Waals surface area contributed by atoms with Crippen LogP contribution < -0.4 is 5.73 Å². The molecule has 0 bridgehead atoms. The molecule has 1 aliphatic carbocycles. The minimum absolute atomic E-state index is 0.0190. The standard InChI is InChI=1S/C9H12F3N3O/c10-9(11,12)6-3-1-2-5(4-6)7-14-15-8(13)16-7/h5-6H,1-4H2,(H2,13,15). The molecule has 16 heavy (non-hydrogen) atoms. The molecule has 90 valence electrons. The third kappa shape index (κ3) is 2.28. The Balaban J connectivity index is 2.07. The normalized spacial score (nSPS) is 26.9. The minimum Gasteiger partial charge on any atom is -0.408 e. The molecule has 2 unspecified atom stereocenters. The molecule has 4 nitrogen and oxygen atoms in total. The fraction of sp³-hybridized carbons (Fsp3) is 0.778. The average Bonchev–Trinajstić information content (AvgIpc) is 2.64. The Hall–Kier alpha value is -1.27. The van der Waals surface area contributed by atoms with Crippen molar-refractivity contribution in [3.8, 4) is 0 Å². The fourth-order valence-electron chi connectivity index (χ4n) is 2.12. The highest BCUT2D eigenvalue weighted by Gasteiger charge is 2.43. The molecule has 2 rings (SSSR count). The molecule has 1 heterocycles. The Kier molecular flexibility index (Phi) is 2.77. The lowest BCUT2D eigenvalue weighted by molar-refractivity contribution is -0.183. The summed E-state index contributed by atoms with van der Waals surface area (Å²) in [5.74, 6) is -1.35. The van der Waals surface area contributed by atoms with Crippen LogP contribution in [-0.4, -0.2) is 16.4 Å². The maximum absolute atomic E-state index is 12.5. The first-order valence-corrected chi connectivity index (χ1v) is 5.12. The van der Waals surface area contributed by atoms with E-state index in [4.69, 9.17) is 10.2 Å². The maximum Gasteiger partial charge on any atom is 0.391 e. The second-order valence-electron chi connectivity index (χ2n) is 4.08. The SMILES string of the molecule is Nc1nnc(C2CCCC(C(F)(F)F)C2)o1. The van der Waals surface area contributed by atoms with Crippen LogP contribution in [-0.2, 0) is 0 Å². The van der Waals surface area contributed by atoms with E-state index in [1.807, 2.05) is 0 Å². The zero-order chi connectivity index (χ0) is 11.8. The van der Waals surface area contributed by atoms with Crippen LogP contribution in [0.2, 0.25) is 0 Å². The zero-order valence-corrected chi connectivity index (χ0v) is 8.50. The first-order valence-electron chi connectivity index (χ1n) is 5.12. The van der Waals surface area contributed by atoms with E-state index in [9.17, 15) is 13.2 Å². The molecule has 7 heteroatoms. The number of aromatic nitrogens is 2. The predicted molar refractivity (Wildman–Crippen MR) is 49.5 cm³/mol. The number of nitrogens with two attached hydrogens (primary N) is 1. The van der Waals surface area contributed by atoms with Gasteiger partial charge in [-0.25, -0.2) is 0 Å². The summed E-state index contributed by atoms with van der Waals surface area (Å²) in [6, 6.07) is -0.0934. The van der Waals surface area contributed by atoms with E-state index in [0.29, 0.717) is 12.8 Å². The Morgan fingerprint density at radius 3 is 2.56 bits per heavy atom. The Morgan fingerprint density at radius 2 is 2.00 bits per heavy atom. The molecule has 0 amide bonds. The summed E-state index contributed by atoms with van der Waals surface area (Å²) in [7, 11) is 0. The number of hydrogen-bond acceptors (Lipinski definition) is 4. The summed E-state index contributed by atoms with van der Waals surface area (Å²) in [4.78, 5) is 0. The van der Waals surface area contributed by atoms with Crippen LogP contribution in [0.5, 0.6) is 0 Å². The summed E-state index contributed by atoms with van der Waals surface area (Å²) in [6.45, 7) is 0. The molecule has 1 saturated carbocycles. The second-order valence-corrected chi connectivity index (χ2v) is 4.08. The molecular formula is C9H12F3N3O. The zero-order valence-electron chi connectivity index (χ0n) is 8.50. The number of alkyl halides is 3. The van der Waals surface area contributed by atoms with Gasteiger partial charge in [0.25, 0.3) is 0 Å². The molecule has 1 fully saturated rings. The predicted octanol–water partition coefficient (Wildman–Crippen LogP) is 2.49. The fourth-order valence-corrected chi connectivity index (χ4v) is 2.12. The van der Waals surface area contributed by atoms with Crippen molar-refractivity contribution >= 4 is 6.01 Å². The molecule has 0 aromatic carbocycles. The number of hydrogen-bond donors (Lipinski definition) is 1. The molecule has 0 aliphatic heterocycles. The van der Waals surface area contributed by atoms with Crippen molar-refractivity contribution in [2.75, 3.05) is 5.73 Å². The number of nitrogen functional groups attached to an aromatic ring is 1. The minimum atomic E-state index is -4.13. The van der Waals surface area contributed by atoms with Crippen molar-refractivity contribution in [3.63, 3.8) is 0 Å². The molecule has 2 atom stereocenters. The van der Waals surface area contributed by atoms with Crippen LogP contribution in [0.15, 0.2) is 4.42 Å². The first-order chi connectivity index (χ1) is 7.47. The van der Waals surface area contributed by atoms with Crippen molar-refractivity contribution in [2.45, 2.75) is 37.8 Å². The van der Waals surface area contributed by atoms with Gasteiger partial charge in [0.2, 0.25) is 5.89 Å². The molecule has 0 saturated heterocycles. The maximum atomic E-state index is 12.5. The Labute approximate surface area is 90.0 Å². The molecule has 2 N–H and O–H groups in total. The summed E-state index contributed by atoms with van der Waals surface area (Å²) in [5, 5.41) is 7.11. The largest absolute Gasteiger partial charge is 0.408 e. The van der Waals surface area contributed by atoms with Crippen molar-refractivity contribution in [1.82, 2.24) is 10.2 Å². The number of anilines is 1. The van der Waals surface area contributed by atoms with Crippen LogP contribution in [0.4, 0.5) is 19.2 Å². The molecule has 0 radical (unpaired) electrons. The van der Waals surface area contributed by atoms with E-state index in [-0.39, 0.29) is 30.7 Å². The molecule has 1 aromatic heterocycles. The Bertz CT molecular complexity index is 363. The third-order valence-electron chi connectivity index (χ3n) is 2.94. The third-order valence-corrected chi connectivity index (χ3v) is 2.94. The van der Waals surface area contributed by atoms with Crippen LogP contribution in [0.25, 0.3) is 0 Å². The van der Waals surface area contributed by atoms with E-state index in [1.54, 1.807) is 0 Å². The van der Waals surface area contributed by atoms with E-state index >= 15 is 0 Å². The number of nitrogens with zero attached hydrogens (tertiary/aromatic N) is 2. The van der Waals surface area contributed by atoms with Gasteiger partial charge in [0, 0.05) is 5.92 Å². The Morgan fingerprint density at radius 1 is 1.25 bits per heavy atom. The summed E-state index contributed by atoms with van der Waals surface area (Å²) in [5.41, 5.74) is 5.24. The van der Waals surface area contributed by atoms with Gasteiger partial charge in [-0.05, 0) is 19.3 Å². The average molecular weight is 235 g/mol. The molecule has 1 aromatic rings. The lowest BCUT2D eigenvalue weighted by atomic mass is 9.81. The van der Waals surface area contributed by atoms with Crippen molar-refractivity contribution in [1.29, 1.82) is 0 Å². The lowest BCUT2D eigenvalue weighted by Gasteiger charge is -2.28. The highest BCUT2D eigenvalue weighted by Crippen LogP contribution is 2.43. The summed E-state index contributed by atoms with van der Waals surface area (Å²) < 4.78 is 42.6. The lowest BCUT2D eigenvalue weighted by Crippen LogP contribution is -2.28. The van der Waals surface area contributed by atoms with Crippen molar-refractivity contribution < 1.29 is 17.6 Å². The van der Waals surface area contributed by atoms with Crippen LogP contribution >= 0.6 is 0 Å². The van der Waals surface area contributed by atoms with Crippen LogP contribution in [0, 0.1) is 5.92 Å². The quantitative estimate of drug-likeness (QED) is 0.812. The summed E-state index contributed by atoms with van der Waals surface area (Å²) in [6.07, 6.45) is -2.76. The topological polar surface area (TPSA) is 64.9 Å². The van der Waals surface area contributed by atoms with Crippen molar-refractivity contribution in [2.24, 2.45) is 5.92 Å². The van der Waals surface area contributed by atoms with Gasteiger partial charge in [0.15, 0.2) is 0 Å². The number of rotatable bonds is 1. The highest BCUT2D eigenvalue weighted by atomic mass is 19.4. The highest BCUT2D eigenvalue weighted by molar-refractivity contribution is 5.07. The summed E-state index contributed by atoms with van der Waals surface area (Å²) >= 11 is 0. The second kappa shape index (κ2) is 3.95. The van der Waals surface area contributed by atoms with Gasteiger partial charge in [0.1, 0.15) is 0 Å². The van der Waals surface area contributed by atoms with Gasteiger partial charge in [0.05, 0.1) is 5.92 Å². The first kappa shape index (κ1) is 11.2. The van der Waals surface area contributed by atoms with Crippen LogP contribution in [0.3, 0.4) is 0 Å². The van der Waals surface area contributed by atoms with Crippen molar-refractivity contribution in [3.05, 3.63) is 5.89 Å². The van der Waals surface area contributed by atoms with Gasteiger partial charge in [-0.1, -0.05) is 11.5 Å². The van der Waals surface area contributed by atoms with Gasteiger partial charge in [-0.2, -0.15) is 13.2 Å². The molecular weight excluding hydrogens is 223 g/mol.